The number of anilines is 1. The van der Waals surface area contributed by atoms with Crippen molar-refractivity contribution in [3.8, 4) is 0 Å². The molecule has 0 radical (unpaired) electrons. The van der Waals surface area contributed by atoms with E-state index in [-0.39, 0.29) is 5.91 Å². The first kappa shape index (κ1) is 13.6. The number of amides is 1. The van der Waals surface area contributed by atoms with Crippen molar-refractivity contribution in [3.05, 3.63) is 62.9 Å². The number of nitrogens with one attached hydrogen (secondary N) is 1. The molecule has 0 unspecified atom stereocenters. The largest absolute Gasteiger partial charge is 0.320 e. The van der Waals surface area contributed by atoms with E-state index in [9.17, 15) is 4.79 Å². The molecule has 1 N–H and O–H groups in total. The van der Waals surface area contributed by atoms with Crippen LogP contribution in [0.4, 0.5) is 5.69 Å². The first-order valence-electron chi connectivity index (χ1n) is 5.88. The molecule has 100 valence electrons. The molecule has 1 aromatic heterocycles. The number of hydrogen-bond acceptors (Lipinski definition) is 2. The van der Waals surface area contributed by atoms with Crippen LogP contribution >= 0.6 is 38.9 Å². The van der Waals surface area contributed by atoms with Crippen molar-refractivity contribution < 1.29 is 4.79 Å². The number of rotatable bonds is 2. The summed E-state index contributed by atoms with van der Waals surface area (Å²) in [6, 6.07) is 15.1. The molecule has 0 spiro atoms. The van der Waals surface area contributed by atoms with Gasteiger partial charge in [-0.05, 0) is 51.6 Å². The van der Waals surface area contributed by atoms with E-state index in [4.69, 9.17) is 11.6 Å². The third-order valence-corrected chi connectivity index (χ3v) is 4.83. The number of hydrogen-bond donors (Lipinski definition) is 1. The van der Waals surface area contributed by atoms with Gasteiger partial charge < -0.3 is 5.32 Å². The van der Waals surface area contributed by atoms with Crippen molar-refractivity contribution in [3.63, 3.8) is 0 Å². The minimum absolute atomic E-state index is 0.116. The van der Waals surface area contributed by atoms with Crippen LogP contribution in [0, 0.1) is 0 Å². The quantitative estimate of drug-likeness (QED) is 0.631. The molecule has 0 saturated heterocycles. The highest BCUT2D eigenvalue weighted by atomic mass is 79.9. The molecule has 3 aromatic rings. The Bertz CT molecular complexity index is 766. The summed E-state index contributed by atoms with van der Waals surface area (Å²) >= 11 is 10.8. The van der Waals surface area contributed by atoms with Gasteiger partial charge in [0.05, 0.1) is 10.6 Å². The molecule has 0 aliphatic rings. The Balaban J connectivity index is 1.89. The lowest BCUT2D eigenvalue weighted by Crippen LogP contribution is -2.10. The van der Waals surface area contributed by atoms with Gasteiger partial charge in [-0.2, -0.15) is 0 Å². The highest BCUT2D eigenvalue weighted by molar-refractivity contribution is 9.10. The Labute approximate surface area is 133 Å². The highest BCUT2D eigenvalue weighted by Gasteiger charge is 2.11. The van der Waals surface area contributed by atoms with Crippen LogP contribution in [0.2, 0.25) is 5.02 Å². The lowest BCUT2D eigenvalue weighted by atomic mass is 10.2. The van der Waals surface area contributed by atoms with Gasteiger partial charge in [-0.25, -0.2) is 0 Å². The molecule has 2 aromatic carbocycles. The summed E-state index contributed by atoms with van der Waals surface area (Å²) in [5, 5.41) is 4.58. The van der Waals surface area contributed by atoms with Crippen LogP contribution < -0.4 is 5.32 Å². The molecule has 5 heteroatoms. The number of thiophene rings is 1. The normalized spacial score (nSPS) is 10.7. The molecule has 1 heterocycles. The lowest BCUT2D eigenvalue weighted by molar-refractivity contribution is 0.103. The van der Waals surface area contributed by atoms with Gasteiger partial charge in [0.15, 0.2) is 0 Å². The second-order valence-corrected chi connectivity index (χ2v) is 6.60. The first-order valence-corrected chi connectivity index (χ1v) is 7.87. The van der Waals surface area contributed by atoms with Crippen LogP contribution in [0.25, 0.3) is 10.1 Å². The Kier molecular flexibility index (Phi) is 3.78. The summed E-state index contributed by atoms with van der Waals surface area (Å²) < 4.78 is 1.87. The fourth-order valence-corrected chi connectivity index (χ4v) is 3.61. The van der Waals surface area contributed by atoms with Crippen molar-refractivity contribution in [1.82, 2.24) is 0 Å². The third kappa shape index (κ3) is 2.73. The molecule has 0 fully saturated rings. The van der Waals surface area contributed by atoms with E-state index in [1.165, 1.54) is 11.3 Å². The Morgan fingerprint density at radius 1 is 1.15 bits per heavy atom. The molecule has 0 atom stereocenters. The van der Waals surface area contributed by atoms with E-state index < -0.39 is 0 Å². The number of fused-ring (bicyclic) bond motifs is 1. The molecular weight excluding hydrogens is 358 g/mol. The van der Waals surface area contributed by atoms with E-state index >= 15 is 0 Å². The molecule has 3 rings (SSSR count). The Morgan fingerprint density at radius 2 is 1.95 bits per heavy atom. The minimum Gasteiger partial charge on any atom is -0.320 e. The lowest BCUT2D eigenvalue weighted by Gasteiger charge is -2.06. The average molecular weight is 367 g/mol. The van der Waals surface area contributed by atoms with Crippen molar-refractivity contribution in [2.24, 2.45) is 0 Å². The molecule has 0 aliphatic carbocycles. The van der Waals surface area contributed by atoms with E-state index in [2.05, 4.69) is 21.2 Å². The van der Waals surface area contributed by atoms with Crippen molar-refractivity contribution >= 4 is 60.5 Å². The zero-order valence-corrected chi connectivity index (χ0v) is 13.3. The fraction of sp³-hybridized carbons (Fsp3) is 0. The van der Waals surface area contributed by atoms with Crippen molar-refractivity contribution in [2.75, 3.05) is 5.32 Å². The number of benzene rings is 2. The fourth-order valence-electron chi connectivity index (χ4n) is 1.87. The number of halogens is 2. The summed E-state index contributed by atoms with van der Waals surface area (Å²) in [6.07, 6.45) is 0. The monoisotopic (exact) mass is 365 g/mol. The van der Waals surface area contributed by atoms with Gasteiger partial charge in [0, 0.05) is 14.2 Å². The maximum atomic E-state index is 12.3. The summed E-state index contributed by atoms with van der Waals surface area (Å²) in [5.41, 5.74) is 0.705. The average Bonchev–Trinajstić information content (AvgIpc) is 2.86. The number of carbonyl (C=O) groups excluding carboxylic acids is 1. The molecule has 1 amide bonds. The standard InChI is InChI=1S/C15H9BrClNOS/c16-11-8-10(17)5-6-12(11)18-15(19)14-7-9-3-1-2-4-13(9)20-14/h1-8H,(H,18,19). The van der Waals surface area contributed by atoms with Gasteiger partial charge >= 0.3 is 0 Å². The van der Waals surface area contributed by atoms with Gasteiger partial charge in [0.25, 0.3) is 5.91 Å². The molecule has 20 heavy (non-hydrogen) atoms. The van der Waals surface area contributed by atoms with Crippen LogP contribution in [-0.4, -0.2) is 5.91 Å². The first-order chi connectivity index (χ1) is 9.63. The SMILES string of the molecule is O=C(Nc1ccc(Cl)cc1Br)c1cc2ccccc2s1. The molecule has 2 nitrogen and oxygen atoms in total. The zero-order valence-electron chi connectivity index (χ0n) is 10.2. The molecular formula is C15H9BrClNOS. The molecule has 0 bridgehead atoms. The summed E-state index contributed by atoms with van der Waals surface area (Å²) in [5.74, 6) is -0.116. The second-order valence-electron chi connectivity index (χ2n) is 4.23. The van der Waals surface area contributed by atoms with Gasteiger partial charge in [-0.15, -0.1) is 11.3 Å². The topological polar surface area (TPSA) is 29.1 Å². The van der Waals surface area contributed by atoms with E-state index in [1.54, 1.807) is 18.2 Å². The van der Waals surface area contributed by atoms with Gasteiger partial charge in [-0.3, -0.25) is 4.79 Å². The van der Waals surface area contributed by atoms with E-state index in [0.29, 0.717) is 15.6 Å². The predicted molar refractivity (Wildman–Crippen MR) is 88.9 cm³/mol. The van der Waals surface area contributed by atoms with Crippen LogP contribution in [0.1, 0.15) is 9.67 Å². The van der Waals surface area contributed by atoms with Crippen LogP contribution in [0.5, 0.6) is 0 Å². The summed E-state index contributed by atoms with van der Waals surface area (Å²) in [4.78, 5) is 13.0. The van der Waals surface area contributed by atoms with Crippen LogP contribution in [0.15, 0.2) is 53.0 Å². The Hall–Kier alpha value is -1.36. The second kappa shape index (κ2) is 5.56. The summed E-state index contributed by atoms with van der Waals surface area (Å²) in [6.45, 7) is 0. The van der Waals surface area contributed by atoms with Crippen molar-refractivity contribution in [1.29, 1.82) is 0 Å². The maximum absolute atomic E-state index is 12.3. The minimum atomic E-state index is -0.116. The summed E-state index contributed by atoms with van der Waals surface area (Å²) in [7, 11) is 0. The molecule has 0 aliphatic heterocycles. The smallest absolute Gasteiger partial charge is 0.265 e. The molecule has 0 saturated carbocycles. The van der Waals surface area contributed by atoms with Gasteiger partial charge in [-0.1, -0.05) is 29.8 Å². The maximum Gasteiger partial charge on any atom is 0.265 e. The highest BCUT2D eigenvalue weighted by Crippen LogP contribution is 2.29. The third-order valence-electron chi connectivity index (χ3n) is 2.83. The Morgan fingerprint density at radius 3 is 2.70 bits per heavy atom. The van der Waals surface area contributed by atoms with E-state index in [1.807, 2.05) is 30.3 Å². The van der Waals surface area contributed by atoms with Crippen LogP contribution in [-0.2, 0) is 0 Å². The van der Waals surface area contributed by atoms with Gasteiger partial charge in [0.1, 0.15) is 0 Å². The van der Waals surface area contributed by atoms with Crippen molar-refractivity contribution in [2.45, 2.75) is 0 Å². The van der Waals surface area contributed by atoms with Crippen LogP contribution in [0.3, 0.4) is 0 Å². The zero-order chi connectivity index (χ0) is 14.1. The van der Waals surface area contributed by atoms with Gasteiger partial charge in [0.2, 0.25) is 0 Å². The number of carbonyl (C=O) groups is 1. The predicted octanol–water partition coefficient (Wildman–Crippen LogP) is 5.57. The van der Waals surface area contributed by atoms with E-state index in [0.717, 1.165) is 14.6 Å².